The average molecular weight is 296 g/mol. The minimum absolute atomic E-state index is 0.0766. The quantitative estimate of drug-likeness (QED) is 0.461. The predicted molar refractivity (Wildman–Crippen MR) is 68.8 cm³/mol. The van der Waals surface area contributed by atoms with Gasteiger partial charge in [-0.1, -0.05) is 11.8 Å². The molecule has 0 aliphatic carbocycles. The summed E-state index contributed by atoms with van der Waals surface area (Å²) in [5.74, 6) is -0.865. The number of rotatable bonds is 7. The maximum absolute atomic E-state index is 11.8. The molecular weight excluding hydrogens is 284 g/mol. The van der Waals surface area contributed by atoms with Crippen molar-refractivity contribution in [2.75, 3.05) is 5.75 Å². The van der Waals surface area contributed by atoms with E-state index < -0.39 is 5.97 Å². The van der Waals surface area contributed by atoms with Gasteiger partial charge in [0.1, 0.15) is 0 Å². The number of aromatic carboxylic acids is 1. The number of aryl methyl sites for hydroxylation is 1. The Morgan fingerprint density at radius 1 is 1.40 bits per heavy atom. The second-order valence-corrected chi connectivity index (χ2v) is 4.99. The lowest BCUT2D eigenvalue weighted by Gasteiger charge is -1.99. The number of ketones is 1. The molecule has 2 heterocycles. The van der Waals surface area contributed by atoms with E-state index in [1.54, 1.807) is 11.7 Å². The number of tetrazole rings is 1. The standard InChI is InChI=1S/C11H12N4O4S/c1-15-11(12-13-14-15)20-6-2-3-7(16)8-4-5-9(19-8)10(17)18/h4-5H,2-3,6H2,1H3,(H,17,18). The molecule has 0 unspecified atom stereocenters. The Balaban J connectivity index is 1.77. The zero-order valence-electron chi connectivity index (χ0n) is 10.6. The van der Waals surface area contributed by atoms with Crippen molar-refractivity contribution < 1.29 is 19.1 Å². The first-order valence-corrected chi connectivity index (χ1v) is 6.78. The summed E-state index contributed by atoms with van der Waals surface area (Å²) < 4.78 is 6.49. The molecular formula is C11H12N4O4S. The monoisotopic (exact) mass is 296 g/mol. The van der Waals surface area contributed by atoms with Gasteiger partial charge in [0.2, 0.25) is 10.9 Å². The first-order valence-electron chi connectivity index (χ1n) is 5.79. The number of carboxylic acid groups (broad SMARTS) is 1. The van der Waals surface area contributed by atoms with Crippen molar-refractivity contribution in [3.63, 3.8) is 0 Å². The van der Waals surface area contributed by atoms with E-state index in [4.69, 9.17) is 9.52 Å². The third-order valence-corrected chi connectivity index (χ3v) is 3.55. The van der Waals surface area contributed by atoms with Crippen LogP contribution in [0.4, 0.5) is 0 Å². The molecule has 0 fully saturated rings. The van der Waals surface area contributed by atoms with Crippen LogP contribution in [0.3, 0.4) is 0 Å². The van der Waals surface area contributed by atoms with Crippen LogP contribution in [0.1, 0.15) is 34.0 Å². The molecule has 0 atom stereocenters. The smallest absolute Gasteiger partial charge is 0.371 e. The minimum Gasteiger partial charge on any atom is -0.475 e. The largest absolute Gasteiger partial charge is 0.475 e. The zero-order valence-corrected chi connectivity index (χ0v) is 11.5. The second-order valence-electron chi connectivity index (χ2n) is 3.93. The van der Waals surface area contributed by atoms with E-state index in [1.165, 1.54) is 23.9 Å². The van der Waals surface area contributed by atoms with Crippen molar-refractivity contribution in [1.29, 1.82) is 0 Å². The van der Waals surface area contributed by atoms with Crippen molar-refractivity contribution >= 4 is 23.5 Å². The number of aromatic nitrogens is 4. The highest BCUT2D eigenvalue weighted by Crippen LogP contribution is 2.16. The van der Waals surface area contributed by atoms with Crippen LogP contribution in [-0.4, -0.2) is 42.8 Å². The fourth-order valence-corrected chi connectivity index (χ4v) is 2.25. The van der Waals surface area contributed by atoms with Gasteiger partial charge in [-0.15, -0.1) is 5.10 Å². The van der Waals surface area contributed by atoms with E-state index in [0.717, 1.165) is 0 Å². The molecule has 2 rings (SSSR count). The van der Waals surface area contributed by atoms with E-state index in [1.807, 2.05) is 0 Å². The molecule has 8 nitrogen and oxygen atoms in total. The Hall–Kier alpha value is -2.16. The Morgan fingerprint density at radius 2 is 2.15 bits per heavy atom. The highest BCUT2D eigenvalue weighted by molar-refractivity contribution is 7.99. The maximum Gasteiger partial charge on any atom is 0.371 e. The maximum atomic E-state index is 11.8. The first kappa shape index (κ1) is 14.3. The van der Waals surface area contributed by atoms with Crippen LogP contribution in [0.15, 0.2) is 21.7 Å². The number of hydrogen-bond acceptors (Lipinski definition) is 7. The Labute approximate surface area is 118 Å². The molecule has 2 aromatic rings. The van der Waals surface area contributed by atoms with Crippen molar-refractivity contribution in [3.8, 4) is 0 Å². The van der Waals surface area contributed by atoms with Gasteiger partial charge < -0.3 is 9.52 Å². The van der Waals surface area contributed by atoms with Gasteiger partial charge in [0.05, 0.1) is 0 Å². The van der Waals surface area contributed by atoms with E-state index in [-0.39, 0.29) is 23.7 Å². The molecule has 0 aromatic carbocycles. The number of carbonyl (C=O) groups excluding carboxylic acids is 1. The lowest BCUT2D eigenvalue weighted by Crippen LogP contribution is -1.99. The van der Waals surface area contributed by atoms with Crippen LogP contribution >= 0.6 is 11.8 Å². The summed E-state index contributed by atoms with van der Waals surface area (Å²) in [6.07, 6.45) is 0.907. The summed E-state index contributed by atoms with van der Waals surface area (Å²) in [5.41, 5.74) is 0. The molecule has 0 aliphatic rings. The fraction of sp³-hybridized carbons (Fsp3) is 0.364. The van der Waals surface area contributed by atoms with Gasteiger partial charge in [-0.2, -0.15) is 0 Å². The minimum atomic E-state index is -1.19. The molecule has 2 aromatic heterocycles. The molecule has 0 saturated carbocycles. The van der Waals surface area contributed by atoms with E-state index >= 15 is 0 Å². The molecule has 20 heavy (non-hydrogen) atoms. The van der Waals surface area contributed by atoms with Gasteiger partial charge in [-0.25, -0.2) is 9.48 Å². The number of hydrogen-bond donors (Lipinski definition) is 1. The molecule has 9 heteroatoms. The molecule has 0 aliphatic heterocycles. The number of carboxylic acids is 1. The first-order chi connectivity index (χ1) is 9.58. The summed E-state index contributed by atoms with van der Waals surface area (Å²) >= 11 is 1.45. The third kappa shape index (κ3) is 3.44. The molecule has 0 saturated heterocycles. The molecule has 0 spiro atoms. The van der Waals surface area contributed by atoms with Gasteiger partial charge in [0, 0.05) is 19.2 Å². The topological polar surface area (TPSA) is 111 Å². The van der Waals surface area contributed by atoms with Crippen LogP contribution in [0.25, 0.3) is 0 Å². The molecule has 106 valence electrons. The van der Waals surface area contributed by atoms with Crippen molar-refractivity contribution in [2.24, 2.45) is 7.05 Å². The molecule has 0 amide bonds. The average Bonchev–Trinajstić information content (AvgIpc) is 3.03. The molecule has 0 radical (unpaired) electrons. The van der Waals surface area contributed by atoms with Gasteiger partial charge in [-0.05, 0) is 29.0 Å². The van der Waals surface area contributed by atoms with Gasteiger partial charge in [0.25, 0.3) is 0 Å². The van der Waals surface area contributed by atoms with Crippen molar-refractivity contribution in [1.82, 2.24) is 20.2 Å². The highest BCUT2D eigenvalue weighted by atomic mass is 32.2. The van der Waals surface area contributed by atoms with Gasteiger partial charge in [0.15, 0.2) is 11.5 Å². The number of Topliss-reactive ketones (excluding diaryl/α,β-unsaturated/α-hetero) is 1. The van der Waals surface area contributed by atoms with Crippen LogP contribution < -0.4 is 0 Å². The number of thioether (sulfide) groups is 1. The van der Waals surface area contributed by atoms with E-state index in [0.29, 0.717) is 17.3 Å². The number of furan rings is 1. The normalized spacial score (nSPS) is 10.7. The lowest BCUT2D eigenvalue weighted by molar-refractivity contribution is 0.0660. The van der Waals surface area contributed by atoms with E-state index in [9.17, 15) is 9.59 Å². The Bertz CT molecular complexity index is 621. The third-order valence-electron chi connectivity index (χ3n) is 2.45. The van der Waals surface area contributed by atoms with Gasteiger partial charge >= 0.3 is 5.97 Å². The SMILES string of the molecule is Cn1nnnc1SCCCC(=O)c1ccc(C(=O)O)o1. The zero-order chi connectivity index (χ0) is 14.5. The number of carbonyl (C=O) groups is 2. The number of nitrogens with zero attached hydrogens (tertiary/aromatic N) is 4. The summed E-state index contributed by atoms with van der Waals surface area (Å²) in [5, 5.41) is 20.4. The summed E-state index contributed by atoms with van der Waals surface area (Å²) in [7, 11) is 1.74. The highest BCUT2D eigenvalue weighted by Gasteiger charge is 2.14. The van der Waals surface area contributed by atoms with Crippen LogP contribution in [-0.2, 0) is 7.05 Å². The van der Waals surface area contributed by atoms with Crippen LogP contribution in [0.2, 0.25) is 0 Å². The molecule has 0 bridgehead atoms. The Morgan fingerprint density at radius 3 is 2.75 bits per heavy atom. The van der Waals surface area contributed by atoms with Crippen molar-refractivity contribution in [2.45, 2.75) is 18.0 Å². The molecule has 1 N–H and O–H groups in total. The summed E-state index contributed by atoms with van der Waals surface area (Å²) in [6, 6.07) is 2.65. The van der Waals surface area contributed by atoms with Crippen LogP contribution in [0.5, 0.6) is 0 Å². The van der Waals surface area contributed by atoms with Crippen LogP contribution in [0, 0.1) is 0 Å². The van der Waals surface area contributed by atoms with E-state index in [2.05, 4.69) is 15.5 Å². The lowest BCUT2D eigenvalue weighted by atomic mass is 10.2. The van der Waals surface area contributed by atoms with Crippen molar-refractivity contribution in [3.05, 3.63) is 23.7 Å². The second kappa shape index (κ2) is 6.33. The van der Waals surface area contributed by atoms with Gasteiger partial charge in [-0.3, -0.25) is 4.79 Å². The Kier molecular flexibility index (Phi) is 4.51. The predicted octanol–water partition coefficient (Wildman–Crippen LogP) is 1.26. The summed E-state index contributed by atoms with van der Waals surface area (Å²) in [6.45, 7) is 0. The summed E-state index contributed by atoms with van der Waals surface area (Å²) in [4.78, 5) is 22.4. The fourth-order valence-electron chi connectivity index (χ4n) is 1.47.